The van der Waals surface area contributed by atoms with E-state index in [9.17, 15) is 9.59 Å². The number of aromatic nitrogens is 2. The van der Waals surface area contributed by atoms with E-state index in [0.717, 1.165) is 5.56 Å². The van der Waals surface area contributed by atoms with Crippen LogP contribution in [-0.4, -0.2) is 44.8 Å². The van der Waals surface area contributed by atoms with E-state index in [1.165, 1.54) is 16.8 Å². The molecule has 1 amide bonds. The van der Waals surface area contributed by atoms with Crippen molar-refractivity contribution < 1.29 is 18.7 Å². The summed E-state index contributed by atoms with van der Waals surface area (Å²) >= 11 is 7.41. The zero-order chi connectivity index (χ0) is 23.7. The van der Waals surface area contributed by atoms with Crippen LogP contribution in [0.25, 0.3) is 5.52 Å². The first-order valence-electron chi connectivity index (χ1n) is 10.4. The maximum atomic E-state index is 13.1. The van der Waals surface area contributed by atoms with Crippen molar-refractivity contribution in [1.82, 2.24) is 14.4 Å². The first-order valence-corrected chi connectivity index (χ1v) is 12.0. The second-order valence-electron chi connectivity index (χ2n) is 7.51. The zero-order valence-electron chi connectivity index (χ0n) is 18.1. The Bertz CT molecular complexity index is 1380. The van der Waals surface area contributed by atoms with Gasteiger partial charge in [-0.2, -0.15) is 5.10 Å². The van der Waals surface area contributed by atoms with Crippen LogP contribution in [0, 0.1) is 0 Å². The predicted octanol–water partition coefficient (Wildman–Crippen LogP) is 4.84. The number of thioether (sulfide) groups is 1. The van der Waals surface area contributed by atoms with Crippen LogP contribution >= 0.6 is 23.4 Å². The Morgan fingerprint density at radius 3 is 2.74 bits per heavy atom. The van der Waals surface area contributed by atoms with Gasteiger partial charge >= 0.3 is 5.97 Å². The number of amides is 1. The highest BCUT2D eigenvalue weighted by atomic mass is 35.5. The van der Waals surface area contributed by atoms with Crippen LogP contribution in [0.1, 0.15) is 34.3 Å². The molecule has 0 spiro atoms. The van der Waals surface area contributed by atoms with Gasteiger partial charge in [0.2, 0.25) is 0 Å². The number of pyridine rings is 1. The number of nitrogens with zero attached hydrogens (tertiary/aromatic N) is 4. The summed E-state index contributed by atoms with van der Waals surface area (Å²) in [5, 5.41) is 7.11. The SMILES string of the molecule is CSc1nc(C(=O)OCC(=O)N2N=C(c3ccc(Cl)cc3)CC2c2ccco2)c2ccccn12. The summed E-state index contributed by atoms with van der Waals surface area (Å²) in [7, 11) is 0. The molecule has 1 aliphatic heterocycles. The van der Waals surface area contributed by atoms with E-state index in [0.29, 0.717) is 33.6 Å². The standard InChI is InChI=1S/C24H19ClN4O4S/c1-34-24-26-22(18-5-2-3-11-28(18)24)23(31)33-14-21(30)29-19(20-6-4-12-32-20)13-17(27-29)15-7-9-16(25)10-8-15/h2-12,19H,13-14H2,1H3. The molecule has 0 aliphatic carbocycles. The van der Waals surface area contributed by atoms with Crippen molar-refractivity contribution in [2.45, 2.75) is 17.6 Å². The van der Waals surface area contributed by atoms with Gasteiger partial charge in [-0.15, -0.1) is 0 Å². The van der Waals surface area contributed by atoms with Crippen LogP contribution < -0.4 is 0 Å². The Hall–Kier alpha value is -3.56. The van der Waals surface area contributed by atoms with Crippen molar-refractivity contribution >= 4 is 46.5 Å². The number of esters is 1. The van der Waals surface area contributed by atoms with E-state index in [1.807, 2.05) is 36.7 Å². The predicted molar refractivity (Wildman–Crippen MR) is 128 cm³/mol. The average molecular weight is 495 g/mol. The molecule has 0 fully saturated rings. The lowest BCUT2D eigenvalue weighted by Crippen LogP contribution is -2.31. The number of hydrogen-bond donors (Lipinski definition) is 0. The number of carbonyl (C=O) groups excluding carboxylic acids is 2. The number of carbonyl (C=O) groups is 2. The van der Waals surface area contributed by atoms with E-state index in [2.05, 4.69) is 10.1 Å². The van der Waals surface area contributed by atoms with Gasteiger partial charge in [-0.05, 0) is 48.2 Å². The number of halogens is 1. The Labute approximate surface area is 204 Å². The molecule has 34 heavy (non-hydrogen) atoms. The number of benzene rings is 1. The quantitative estimate of drug-likeness (QED) is 0.281. The van der Waals surface area contributed by atoms with Crippen molar-refractivity contribution in [3.8, 4) is 0 Å². The number of furan rings is 1. The zero-order valence-corrected chi connectivity index (χ0v) is 19.6. The molecular formula is C24H19ClN4O4S. The smallest absolute Gasteiger partial charge is 0.359 e. The molecule has 10 heteroatoms. The molecule has 4 aromatic rings. The van der Waals surface area contributed by atoms with Crippen molar-refractivity contribution in [3.05, 3.63) is 89.1 Å². The Morgan fingerprint density at radius 2 is 2.00 bits per heavy atom. The number of rotatable bonds is 6. The number of ether oxygens (including phenoxy) is 1. The number of hydrogen-bond acceptors (Lipinski definition) is 7. The number of fused-ring (bicyclic) bond motifs is 1. The van der Waals surface area contributed by atoms with E-state index < -0.39 is 24.5 Å². The fourth-order valence-corrected chi connectivity index (χ4v) is 4.49. The molecular weight excluding hydrogens is 476 g/mol. The second kappa shape index (κ2) is 9.36. The van der Waals surface area contributed by atoms with Crippen LogP contribution in [-0.2, 0) is 9.53 Å². The van der Waals surface area contributed by atoms with Gasteiger partial charge < -0.3 is 9.15 Å². The highest BCUT2D eigenvalue weighted by Gasteiger charge is 2.35. The molecule has 1 unspecified atom stereocenters. The third kappa shape index (κ3) is 4.20. The summed E-state index contributed by atoms with van der Waals surface area (Å²) in [4.78, 5) is 30.3. The molecule has 1 aromatic carbocycles. The van der Waals surface area contributed by atoms with Gasteiger partial charge in [-0.25, -0.2) is 14.8 Å². The summed E-state index contributed by atoms with van der Waals surface area (Å²) in [6.45, 7) is -0.478. The van der Waals surface area contributed by atoms with E-state index in [4.69, 9.17) is 20.8 Å². The maximum Gasteiger partial charge on any atom is 0.359 e. The summed E-state index contributed by atoms with van der Waals surface area (Å²) in [5.74, 6) is -0.544. The largest absolute Gasteiger partial charge is 0.467 e. The van der Waals surface area contributed by atoms with Gasteiger partial charge in [0.25, 0.3) is 5.91 Å². The lowest BCUT2D eigenvalue weighted by Gasteiger charge is -2.19. The van der Waals surface area contributed by atoms with Crippen LogP contribution in [0.2, 0.25) is 5.02 Å². The lowest BCUT2D eigenvalue weighted by atomic mass is 10.0. The normalized spacial score (nSPS) is 15.5. The molecule has 3 aromatic heterocycles. The lowest BCUT2D eigenvalue weighted by molar-refractivity contribution is -0.136. The third-order valence-electron chi connectivity index (χ3n) is 5.43. The van der Waals surface area contributed by atoms with Crippen molar-refractivity contribution in [1.29, 1.82) is 0 Å². The molecule has 0 bridgehead atoms. The molecule has 4 heterocycles. The molecule has 0 N–H and O–H groups in total. The van der Waals surface area contributed by atoms with Gasteiger partial charge in [0, 0.05) is 17.6 Å². The van der Waals surface area contributed by atoms with Crippen molar-refractivity contribution in [2.75, 3.05) is 12.9 Å². The maximum absolute atomic E-state index is 13.1. The minimum absolute atomic E-state index is 0.159. The highest BCUT2D eigenvalue weighted by Crippen LogP contribution is 2.33. The molecule has 8 nitrogen and oxygen atoms in total. The topological polar surface area (TPSA) is 89.4 Å². The number of hydrazone groups is 1. The molecule has 1 aliphatic rings. The molecule has 172 valence electrons. The second-order valence-corrected chi connectivity index (χ2v) is 8.72. The fraction of sp³-hybridized carbons (Fsp3) is 0.167. The van der Waals surface area contributed by atoms with Gasteiger partial charge in [0.15, 0.2) is 17.5 Å². The van der Waals surface area contributed by atoms with Gasteiger partial charge in [0.1, 0.15) is 11.8 Å². The monoisotopic (exact) mass is 494 g/mol. The summed E-state index contributed by atoms with van der Waals surface area (Å²) in [5.41, 5.74) is 2.33. The van der Waals surface area contributed by atoms with E-state index in [-0.39, 0.29) is 5.69 Å². The van der Waals surface area contributed by atoms with Crippen LogP contribution in [0.15, 0.2) is 81.7 Å². The molecule has 0 radical (unpaired) electrons. The van der Waals surface area contributed by atoms with Crippen LogP contribution in [0.5, 0.6) is 0 Å². The van der Waals surface area contributed by atoms with Crippen molar-refractivity contribution in [3.63, 3.8) is 0 Å². The Morgan fingerprint density at radius 1 is 1.18 bits per heavy atom. The van der Waals surface area contributed by atoms with Crippen molar-refractivity contribution in [2.24, 2.45) is 5.10 Å². The summed E-state index contributed by atoms with van der Waals surface area (Å²) < 4.78 is 12.7. The van der Waals surface area contributed by atoms with Crippen LogP contribution in [0.4, 0.5) is 0 Å². The van der Waals surface area contributed by atoms with Crippen LogP contribution in [0.3, 0.4) is 0 Å². The van der Waals surface area contributed by atoms with Gasteiger partial charge in [-0.1, -0.05) is 41.6 Å². The van der Waals surface area contributed by atoms with E-state index in [1.54, 1.807) is 41.0 Å². The molecule has 0 saturated carbocycles. The highest BCUT2D eigenvalue weighted by molar-refractivity contribution is 7.98. The molecule has 5 rings (SSSR count). The first kappa shape index (κ1) is 22.2. The Balaban J connectivity index is 1.36. The fourth-order valence-electron chi connectivity index (χ4n) is 3.83. The minimum atomic E-state index is -0.673. The average Bonchev–Trinajstić information content (AvgIpc) is 3.61. The summed E-state index contributed by atoms with van der Waals surface area (Å²) in [6, 6.07) is 15.8. The third-order valence-corrected chi connectivity index (χ3v) is 6.34. The van der Waals surface area contributed by atoms with E-state index >= 15 is 0 Å². The first-order chi connectivity index (χ1) is 16.5. The Kier molecular flexibility index (Phi) is 6.12. The van der Waals surface area contributed by atoms with Gasteiger partial charge in [-0.3, -0.25) is 9.20 Å². The van der Waals surface area contributed by atoms with Gasteiger partial charge in [0.05, 0.1) is 17.5 Å². The minimum Gasteiger partial charge on any atom is -0.467 e. The molecule has 0 saturated heterocycles. The molecule has 1 atom stereocenters. The summed E-state index contributed by atoms with van der Waals surface area (Å²) in [6.07, 6.45) is 5.70. The number of imidazole rings is 1.